The monoisotopic (exact) mass is 437 g/mol. The Kier molecular flexibility index (Phi) is 6.32. The molecule has 0 spiro atoms. The van der Waals surface area contributed by atoms with Crippen LogP contribution in [0.4, 0.5) is 10.2 Å². The van der Waals surface area contributed by atoms with Crippen LogP contribution in [-0.2, 0) is 26.4 Å². The van der Waals surface area contributed by atoms with Gasteiger partial charge in [-0.15, -0.1) is 0 Å². The maximum Gasteiger partial charge on any atom is 0.332 e. The van der Waals surface area contributed by atoms with Crippen LogP contribution in [0, 0.1) is 11.7 Å². The maximum atomic E-state index is 13.7. The molecule has 1 N–H and O–H groups in total. The molecule has 0 radical (unpaired) electrons. The van der Waals surface area contributed by atoms with Crippen LogP contribution >= 0.6 is 0 Å². The van der Waals surface area contributed by atoms with E-state index >= 15 is 0 Å². The van der Waals surface area contributed by atoms with Crippen molar-refractivity contribution in [3.05, 3.63) is 92.4 Å². The number of fused-ring (bicyclic) bond motifs is 1. The lowest BCUT2D eigenvalue weighted by molar-refractivity contribution is 0.277. The largest absolute Gasteiger partial charge is 0.442 e. The zero-order valence-corrected chi connectivity index (χ0v) is 17.7. The molecule has 0 bridgehead atoms. The van der Waals surface area contributed by atoms with E-state index in [-0.39, 0.29) is 24.9 Å². The average Bonchev–Trinajstić information content (AvgIpc) is 2.79. The molecule has 8 heteroatoms. The predicted molar refractivity (Wildman–Crippen MR) is 119 cm³/mol. The van der Waals surface area contributed by atoms with Crippen molar-refractivity contribution in [1.29, 1.82) is 0 Å². The molecule has 2 aromatic carbocycles. The van der Waals surface area contributed by atoms with Gasteiger partial charge in [0, 0.05) is 32.2 Å². The molecule has 2 heterocycles. The first kappa shape index (κ1) is 21.7. The molecule has 1 aliphatic rings. The Morgan fingerprint density at radius 2 is 1.94 bits per heavy atom. The zero-order chi connectivity index (χ0) is 22.7. The number of aliphatic hydroxyl groups is 1. The quantitative estimate of drug-likeness (QED) is 0.642. The Balaban J connectivity index is 1.80. The van der Waals surface area contributed by atoms with E-state index in [1.54, 1.807) is 19.2 Å². The third-order valence-electron chi connectivity index (χ3n) is 5.51. The fourth-order valence-corrected chi connectivity index (χ4v) is 3.91. The van der Waals surface area contributed by atoms with Crippen LogP contribution < -0.4 is 16.0 Å². The molecule has 1 atom stereocenters. The van der Waals surface area contributed by atoms with Gasteiger partial charge in [0.25, 0.3) is 5.56 Å². The van der Waals surface area contributed by atoms with E-state index < -0.39 is 17.1 Å². The fourth-order valence-electron chi connectivity index (χ4n) is 3.91. The number of benzene rings is 2. The van der Waals surface area contributed by atoms with Crippen molar-refractivity contribution in [2.24, 2.45) is 18.0 Å². The number of nitrogens with zero attached hydrogens (tertiary/aromatic N) is 3. The Morgan fingerprint density at radius 3 is 2.66 bits per heavy atom. The van der Waals surface area contributed by atoms with Gasteiger partial charge in [-0.05, 0) is 37.0 Å². The first-order chi connectivity index (χ1) is 15.5. The molecule has 4 rings (SSSR count). The second kappa shape index (κ2) is 9.32. The normalized spacial score (nSPS) is 15.2. The predicted octanol–water partition coefficient (Wildman–Crippen LogP) is 2.59. The highest BCUT2D eigenvalue weighted by Gasteiger charge is 2.30. The molecular weight excluding hydrogens is 413 g/mol. The third-order valence-corrected chi connectivity index (χ3v) is 5.51. The van der Waals surface area contributed by atoms with Crippen molar-refractivity contribution >= 4 is 11.7 Å². The van der Waals surface area contributed by atoms with Gasteiger partial charge in [-0.2, -0.15) is 4.99 Å². The highest BCUT2D eigenvalue weighted by Crippen LogP contribution is 2.29. The lowest BCUT2D eigenvalue weighted by Gasteiger charge is -2.26. The molecule has 166 valence electrons. The first-order valence-electron chi connectivity index (χ1n) is 10.5. The van der Waals surface area contributed by atoms with Gasteiger partial charge >= 0.3 is 5.69 Å². The van der Waals surface area contributed by atoms with E-state index in [9.17, 15) is 14.0 Å². The number of hydrogen-bond acceptors (Lipinski definition) is 5. The molecule has 32 heavy (non-hydrogen) atoms. The maximum absolute atomic E-state index is 13.7. The van der Waals surface area contributed by atoms with Crippen molar-refractivity contribution in [3.8, 4) is 5.75 Å². The lowest BCUT2D eigenvalue weighted by atomic mass is 9.91. The zero-order valence-electron chi connectivity index (χ0n) is 17.7. The standard InChI is InChI=1S/C24H24FN3O4/c1-27-21-20(23(30)28(24(27)31)11-6-12-29)14-17(13-16-7-3-2-4-8-16)22(26-21)32-19-10-5-9-18(25)15-19/h2-5,7-10,15,17,29H,6,11-14H2,1H3. The SMILES string of the molecule is Cn1c2c(c(=O)n(CCCO)c1=O)CC(Cc1ccccc1)C(Oc1cccc(F)c1)=N2. The summed E-state index contributed by atoms with van der Waals surface area (Å²) in [6, 6.07) is 15.5. The molecule has 0 fully saturated rings. The van der Waals surface area contributed by atoms with Gasteiger partial charge in [-0.1, -0.05) is 36.4 Å². The third kappa shape index (κ3) is 4.40. The van der Waals surface area contributed by atoms with E-state index in [0.29, 0.717) is 36.5 Å². The van der Waals surface area contributed by atoms with Crippen molar-refractivity contribution < 1.29 is 14.2 Å². The van der Waals surface area contributed by atoms with Crippen LogP contribution in [0.15, 0.2) is 69.2 Å². The number of aliphatic imine (C=N–C) groups is 1. The number of rotatable bonds is 6. The van der Waals surface area contributed by atoms with Gasteiger partial charge in [-0.3, -0.25) is 13.9 Å². The number of hydrogen-bond donors (Lipinski definition) is 1. The van der Waals surface area contributed by atoms with E-state index in [4.69, 9.17) is 9.84 Å². The Labute approximate surface area is 184 Å². The summed E-state index contributed by atoms with van der Waals surface area (Å²) in [6.45, 7) is 0.0160. The van der Waals surface area contributed by atoms with Crippen molar-refractivity contribution in [3.63, 3.8) is 0 Å². The van der Waals surface area contributed by atoms with Crippen LogP contribution in [-0.4, -0.2) is 26.7 Å². The summed E-state index contributed by atoms with van der Waals surface area (Å²) in [5.41, 5.74) is 0.570. The summed E-state index contributed by atoms with van der Waals surface area (Å²) in [7, 11) is 1.55. The summed E-state index contributed by atoms with van der Waals surface area (Å²) >= 11 is 0. The van der Waals surface area contributed by atoms with Crippen molar-refractivity contribution in [2.45, 2.75) is 25.8 Å². The molecule has 1 aromatic heterocycles. The highest BCUT2D eigenvalue weighted by atomic mass is 19.1. The van der Waals surface area contributed by atoms with Gasteiger partial charge in [0.2, 0.25) is 0 Å². The first-order valence-corrected chi connectivity index (χ1v) is 10.5. The van der Waals surface area contributed by atoms with Gasteiger partial charge in [0.05, 0.1) is 5.56 Å². The summed E-state index contributed by atoms with van der Waals surface area (Å²) < 4.78 is 22.1. The Hall–Kier alpha value is -3.52. The summed E-state index contributed by atoms with van der Waals surface area (Å²) in [6.07, 6.45) is 1.19. The van der Waals surface area contributed by atoms with Crippen LogP contribution in [0.1, 0.15) is 17.5 Å². The van der Waals surface area contributed by atoms with Crippen LogP contribution in [0.25, 0.3) is 0 Å². The summed E-state index contributed by atoms with van der Waals surface area (Å²) in [5.74, 6) is 0.166. The number of halogens is 1. The topological polar surface area (TPSA) is 85.8 Å². The number of aromatic nitrogens is 2. The summed E-state index contributed by atoms with van der Waals surface area (Å²) in [4.78, 5) is 30.4. The average molecular weight is 437 g/mol. The smallest absolute Gasteiger partial charge is 0.332 e. The van der Waals surface area contributed by atoms with Gasteiger partial charge in [0.15, 0.2) is 5.90 Å². The minimum atomic E-state index is -0.502. The lowest BCUT2D eigenvalue weighted by Crippen LogP contribution is -2.43. The second-order valence-corrected chi connectivity index (χ2v) is 7.78. The van der Waals surface area contributed by atoms with Crippen LogP contribution in [0.5, 0.6) is 5.75 Å². The van der Waals surface area contributed by atoms with Gasteiger partial charge in [-0.25, -0.2) is 9.18 Å². The molecule has 3 aromatic rings. The van der Waals surface area contributed by atoms with Crippen molar-refractivity contribution in [2.75, 3.05) is 6.61 Å². The van der Waals surface area contributed by atoms with Gasteiger partial charge in [0.1, 0.15) is 17.4 Å². The van der Waals surface area contributed by atoms with E-state index in [2.05, 4.69) is 4.99 Å². The Morgan fingerprint density at radius 1 is 1.16 bits per heavy atom. The number of aliphatic hydroxyl groups excluding tert-OH is 1. The molecule has 7 nitrogen and oxygen atoms in total. The minimum absolute atomic E-state index is 0.118. The molecular formula is C24H24FN3O4. The van der Waals surface area contributed by atoms with E-state index in [1.807, 2.05) is 30.3 Å². The highest BCUT2D eigenvalue weighted by molar-refractivity contribution is 5.86. The second-order valence-electron chi connectivity index (χ2n) is 7.78. The molecule has 0 amide bonds. The van der Waals surface area contributed by atoms with Crippen molar-refractivity contribution in [1.82, 2.24) is 9.13 Å². The van der Waals surface area contributed by atoms with Crippen LogP contribution in [0.2, 0.25) is 0 Å². The Bertz CT molecular complexity index is 1260. The van der Waals surface area contributed by atoms with E-state index in [1.165, 1.54) is 16.7 Å². The van der Waals surface area contributed by atoms with E-state index in [0.717, 1.165) is 10.1 Å². The fraction of sp³-hybridized carbons (Fsp3) is 0.292. The minimum Gasteiger partial charge on any atom is -0.442 e. The molecule has 0 saturated heterocycles. The molecule has 0 aliphatic carbocycles. The van der Waals surface area contributed by atoms with Crippen LogP contribution in [0.3, 0.4) is 0 Å². The molecule has 1 unspecified atom stereocenters. The van der Waals surface area contributed by atoms with Gasteiger partial charge < -0.3 is 9.84 Å². The molecule has 0 saturated carbocycles. The number of ether oxygens (including phenoxy) is 1. The molecule has 1 aliphatic heterocycles. The summed E-state index contributed by atoms with van der Waals surface area (Å²) in [5, 5.41) is 9.13.